The lowest BCUT2D eigenvalue weighted by atomic mass is 10.0. The quantitative estimate of drug-likeness (QED) is 0.781. The molecule has 1 rings (SSSR count). The van der Waals surface area contributed by atoms with Crippen molar-refractivity contribution in [2.45, 2.75) is 38.8 Å². The van der Waals surface area contributed by atoms with Gasteiger partial charge in [0.1, 0.15) is 0 Å². The van der Waals surface area contributed by atoms with E-state index in [9.17, 15) is 4.79 Å². The van der Waals surface area contributed by atoms with Gasteiger partial charge in [-0.2, -0.15) is 5.26 Å². The Morgan fingerprint density at radius 1 is 1.62 bits per heavy atom. The van der Waals surface area contributed by atoms with Crippen molar-refractivity contribution < 1.29 is 9.53 Å². The number of carbonyl (C=O) groups excluding carboxylic acids is 1. The number of ether oxygens (including phenoxy) is 1. The third-order valence-electron chi connectivity index (χ3n) is 2.70. The van der Waals surface area contributed by atoms with Gasteiger partial charge in [-0.05, 0) is 26.7 Å². The molecule has 1 unspecified atom stereocenters. The second-order valence-corrected chi connectivity index (χ2v) is 3.98. The number of rotatable bonds is 3. The molecule has 0 aromatic rings. The summed E-state index contributed by atoms with van der Waals surface area (Å²) in [6.45, 7) is 5.48. The summed E-state index contributed by atoms with van der Waals surface area (Å²) in [6, 6.07) is 2.36. The fraction of sp³-hybridized carbons (Fsp3) is 0.818. The molecule has 0 aliphatic carbocycles. The molecule has 0 aromatic carbocycles. The predicted molar refractivity (Wildman–Crippen MR) is 59.8 cm³/mol. The van der Waals surface area contributed by atoms with E-state index in [1.54, 1.807) is 11.8 Å². The third-order valence-corrected chi connectivity index (χ3v) is 2.70. The molecule has 0 radical (unpaired) electrons. The van der Waals surface area contributed by atoms with Crippen LogP contribution in [0.1, 0.15) is 26.7 Å². The average Bonchev–Trinajstić information content (AvgIpc) is 2.30. The van der Waals surface area contributed by atoms with E-state index >= 15 is 0 Å². The number of hydrogen-bond acceptors (Lipinski definition) is 4. The molecule has 1 N–H and O–H groups in total. The zero-order valence-electron chi connectivity index (χ0n) is 9.90. The maximum Gasteiger partial charge on any atom is 0.409 e. The van der Waals surface area contributed by atoms with Gasteiger partial charge >= 0.3 is 6.09 Å². The topological polar surface area (TPSA) is 65.4 Å². The number of likely N-dealkylation sites (tertiary alicyclic amines) is 1. The Hall–Kier alpha value is -1.28. The monoisotopic (exact) mass is 225 g/mol. The van der Waals surface area contributed by atoms with Gasteiger partial charge in [0.25, 0.3) is 0 Å². The smallest absolute Gasteiger partial charge is 0.409 e. The number of piperidine rings is 1. The van der Waals surface area contributed by atoms with Crippen LogP contribution < -0.4 is 5.32 Å². The minimum Gasteiger partial charge on any atom is -0.450 e. The standard InChI is InChI=1S/C11H19N3O2/c1-3-16-11(15)14-6-4-10(5-7-14)13-9(2)8-12/h9-10,13H,3-7H2,1-2H3. The van der Waals surface area contributed by atoms with Crippen LogP contribution in [-0.2, 0) is 4.74 Å². The Morgan fingerprint density at radius 2 is 2.25 bits per heavy atom. The summed E-state index contributed by atoms with van der Waals surface area (Å²) in [4.78, 5) is 13.1. The van der Waals surface area contributed by atoms with Crippen LogP contribution in [0.5, 0.6) is 0 Å². The fourth-order valence-electron chi connectivity index (χ4n) is 1.83. The van der Waals surface area contributed by atoms with Crippen LogP contribution in [-0.4, -0.2) is 42.8 Å². The Balaban J connectivity index is 2.29. The van der Waals surface area contributed by atoms with Crippen molar-refractivity contribution in [2.24, 2.45) is 0 Å². The van der Waals surface area contributed by atoms with E-state index in [1.807, 2.05) is 6.92 Å². The molecule has 1 heterocycles. The highest BCUT2D eigenvalue weighted by atomic mass is 16.6. The number of hydrogen-bond donors (Lipinski definition) is 1. The van der Waals surface area contributed by atoms with Crippen molar-refractivity contribution in [2.75, 3.05) is 19.7 Å². The highest BCUT2D eigenvalue weighted by molar-refractivity contribution is 5.67. The minimum absolute atomic E-state index is 0.126. The lowest BCUT2D eigenvalue weighted by Gasteiger charge is -2.32. The molecule has 1 aliphatic heterocycles. The average molecular weight is 225 g/mol. The predicted octanol–water partition coefficient (Wildman–Crippen LogP) is 1.11. The van der Waals surface area contributed by atoms with Crippen LogP contribution in [0.4, 0.5) is 4.79 Å². The lowest BCUT2D eigenvalue weighted by Crippen LogP contribution is -2.47. The first-order valence-electron chi connectivity index (χ1n) is 5.74. The second-order valence-electron chi connectivity index (χ2n) is 3.98. The molecule has 90 valence electrons. The van der Waals surface area contributed by atoms with Crippen LogP contribution in [0.2, 0.25) is 0 Å². The van der Waals surface area contributed by atoms with E-state index in [1.165, 1.54) is 0 Å². The lowest BCUT2D eigenvalue weighted by molar-refractivity contribution is 0.0948. The van der Waals surface area contributed by atoms with Crippen molar-refractivity contribution in [1.29, 1.82) is 5.26 Å². The molecule has 1 amide bonds. The number of carbonyl (C=O) groups is 1. The van der Waals surface area contributed by atoms with E-state index in [4.69, 9.17) is 10.00 Å². The SMILES string of the molecule is CCOC(=O)N1CCC(NC(C)C#N)CC1. The highest BCUT2D eigenvalue weighted by Crippen LogP contribution is 2.11. The van der Waals surface area contributed by atoms with Crippen LogP contribution >= 0.6 is 0 Å². The van der Waals surface area contributed by atoms with Crippen molar-refractivity contribution >= 4 is 6.09 Å². The molecule has 0 saturated carbocycles. The zero-order chi connectivity index (χ0) is 12.0. The van der Waals surface area contributed by atoms with E-state index in [-0.39, 0.29) is 12.1 Å². The fourth-order valence-corrected chi connectivity index (χ4v) is 1.83. The molecule has 1 fully saturated rings. The van der Waals surface area contributed by atoms with Gasteiger partial charge in [0.05, 0.1) is 18.7 Å². The third kappa shape index (κ3) is 3.70. The van der Waals surface area contributed by atoms with E-state index in [0.717, 1.165) is 12.8 Å². The molecule has 1 saturated heterocycles. The van der Waals surface area contributed by atoms with Crippen molar-refractivity contribution in [3.63, 3.8) is 0 Å². The normalized spacial score (nSPS) is 18.9. The summed E-state index contributed by atoms with van der Waals surface area (Å²) in [5.41, 5.74) is 0. The molecule has 1 atom stereocenters. The van der Waals surface area contributed by atoms with Crippen molar-refractivity contribution in [1.82, 2.24) is 10.2 Å². The Labute approximate surface area is 96.4 Å². The molecule has 1 aliphatic rings. The van der Waals surface area contributed by atoms with Crippen LogP contribution in [0.25, 0.3) is 0 Å². The first-order valence-corrected chi connectivity index (χ1v) is 5.74. The minimum atomic E-state index is -0.228. The Kier molecular flexibility index (Phi) is 5.06. The van der Waals surface area contributed by atoms with Gasteiger partial charge in [-0.1, -0.05) is 0 Å². The molecule has 0 bridgehead atoms. The van der Waals surface area contributed by atoms with Gasteiger partial charge in [-0.15, -0.1) is 0 Å². The van der Waals surface area contributed by atoms with Gasteiger partial charge in [0, 0.05) is 19.1 Å². The summed E-state index contributed by atoms with van der Waals surface area (Å²) in [5, 5.41) is 11.9. The van der Waals surface area contributed by atoms with E-state index in [2.05, 4.69) is 11.4 Å². The first-order chi connectivity index (χ1) is 7.67. The molecular formula is C11H19N3O2. The zero-order valence-corrected chi connectivity index (χ0v) is 9.90. The van der Waals surface area contributed by atoms with Gasteiger partial charge in [0.15, 0.2) is 0 Å². The number of nitrogens with one attached hydrogen (secondary N) is 1. The second kappa shape index (κ2) is 6.33. The van der Waals surface area contributed by atoms with E-state index < -0.39 is 0 Å². The van der Waals surface area contributed by atoms with Gasteiger partial charge in [-0.25, -0.2) is 4.79 Å². The molecular weight excluding hydrogens is 206 g/mol. The Bertz CT molecular complexity index is 267. The summed E-state index contributed by atoms with van der Waals surface area (Å²) in [5.74, 6) is 0. The molecule has 16 heavy (non-hydrogen) atoms. The number of nitriles is 1. The van der Waals surface area contributed by atoms with Crippen LogP contribution in [0, 0.1) is 11.3 Å². The van der Waals surface area contributed by atoms with Crippen LogP contribution in [0.3, 0.4) is 0 Å². The molecule has 0 spiro atoms. The van der Waals surface area contributed by atoms with Crippen LogP contribution in [0.15, 0.2) is 0 Å². The summed E-state index contributed by atoms with van der Waals surface area (Å²) < 4.78 is 4.93. The molecule has 0 aromatic heterocycles. The van der Waals surface area contributed by atoms with Crippen molar-refractivity contribution in [3.05, 3.63) is 0 Å². The maximum atomic E-state index is 11.4. The van der Waals surface area contributed by atoms with E-state index in [0.29, 0.717) is 25.7 Å². The summed E-state index contributed by atoms with van der Waals surface area (Å²) in [6.07, 6.45) is 1.53. The van der Waals surface area contributed by atoms with Gasteiger partial charge < -0.3 is 9.64 Å². The van der Waals surface area contributed by atoms with Gasteiger partial charge in [-0.3, -0.25) is 5.32 Å². The summed E-state index contributed by atoms with van der Waals surface area (Å²) in [7, 11) is 0. The number of amides is 1. The van der Waals surface area contributed by atoms with Gasteiger partial charge in [0.2, 0.25) is 0 Å². The highest BCUT2D eigenvalue weighted by Gasteiger charge is 2.23. The molecule has 5 heteroatoms. The largest absolute Gasteiger partial charge is 0.450 e. The summed E-state index contributed by atoms with van der Waals surface area (Å²) >= 11 is 0. The molecule has 5 nitrogen and oxygen atoms in total. The Morgan fingerprint density at radius 3 is 2.75 bits per heavy atom. The number of nitrogens with zero attached hydrogens (tertiary/aromatic N) is 2. The van der Waals surface area contributed by atoms with Crippen molar-refractivity contribution in [3.8, 4) is 6.07 Å². The maximum absolute atomic E-state index is 11.4. The first kappa shape index (κ1) is 12.8.